The van der Waals surface area contributed by atoms with E-state index >= 15 is 0 Å². The summed E-state index contributed by atoms with van der Waals surface area (Å²) in [6.45, 7) is 3.54. The molecule has 0 saturated heterocycles. The van der Waals surface area contributed by atoms with Crippen LogP contribution in [-0.4, -0.2) is 9.97 Å². The highest BCUT2D eigenvalue weighted by Crippen LogP contribution is 2.27. The Morgan fingerprint density at radius 3 is 2.67 bits per heavy atom. The van der Waals surface area contributed by atoms with Gasteiger partial charge in [0.2, 0.25) is 0 Å². The first-order valence-corrected chi connectivity index (χ1v) is 5.68. The molecule has 0 spiro atoms. The minimum Gasteiger partial charge on any atom is -0.383 e. The van der Waals surface area contributed by atoms with Gasteiger partial charge in [-0.3, -0.25) is 0 Å². The number of hydrogen-bond acceptors (Lipinski definition) is 4. The number of aryl methyl sites for hydroxylation is 1. The van der Waals surface area contributed by atoms with Crippen molar-refractivity contribution < 1.29 is 4.39 Å². The van der Waals surface area contributed by atoms with E-state index in [1.807, 2.05) is 0 Å². The third-order valence-corrected chi connectivity index (χ3v) is 2.79. The lowest BCUT2D eigenvalue weighted by Gasteiger charge is -2.12. The molecule has 3 N–H and O–H groups in total. The molecule has 2 rings (SSSR count). The SMILES string of the molecule is Cc1nc(N)c(C)c(Nc2ccc(F)cc2Cl)n1. The number of benzene rings is 1. The van der Waals surface area contributed by atoms with Crippen molar-refractivity contribution in [2.45, 2.75) is 13.8 Å². The van der Waals surface area contributed by atoms with Crippen molar-refractivity contribution in [3.8, 4) is 0 Å². The molecule has 0 fully saturated rings. The van der Waals surface area contributed by atoms with Crippen molar-refractivity contribution in [1.29, 1.82) is 0 Å². The normalized spacial score (nSPS) is 10.4. The summed E-state index contributed by atoms with van der Waals surface area (Å²) in [5.41, 5.74) is 7.04. The van der Waals surface area contributed by atoms with Crippen LogP contribution in [0.1, 0.15) is 11.4 Å². The molecular weight excluding hydrogens is 255 g/mol. The predicted molar refractivity (Wildman–Crippen MR) is 70.6 cm³/mol. The molecule has 0 amide bonds. The van der Waals surface area contributed by atoms with Crippen LogP contribution in [0.2, 0.25) is 5.02 Å². The first-order valence-electron chi connectivity index (χ1n) is 5.30. The Balaban J connectivity index is 2.40. The Morgan fingerprint density at radius 2 is 2.00 bits per heavy atom. The number of aromatic nitrogens is 2. The van der Waals surface area contributed by atoms with Crippen LogP contribution in [0.3, 0.4) is 0 Å². The first kappa shape index (κ1) is 12.6. The summed E-state index contributed by atoms with van der Waals surface area (Å²) in [7, 11) is 0. The van der Waals surface area contributed by atoms with Gasteiger partial charge in [-0.25, -0.2) is 14.4 Å². The fourth-order valence-electron chi connectivity index (χ4n) is 1.49. The number of nitrogens with two attached hydrogens (primary N) is 1. The average molecular weight is 267 g/mol. The van der Waals surface area contributed by atoms with Gasteiger partial charge in [0.05, 0.1) is 10.7 Å². The molecule has 0 saturated carbocycles. The van der Waals surface area contributed by atoms with Gasteiger partial charge >= 0.3 is 0 Å². The van der Waals surface area contributed by atoms with E-state index in [0.29, 0.717) is 23.1 Å². The van der Waals surface area contributed by atoms with E-state index in [9.17, 15) is 4.39 Å². The Kier molecular flexibility index (Phi) is 3.34. The Bertz CT molecular complexity index is 601. The highest BCUT2D eigenvalue weighted by molar-refractivity contribution is 6.33. The predicted octanol–water partition coefficient (Wildman–Crippen LogP) is 3.21. The van der Waals surface area contributed by atoms with Crippen LogP contribution >= 0.6 is 11.6 Å². The molecule has 0 aliphatic rings. The number of rotatable bonds is 2. The molecule has 1 heterocycles. The van der Waals surface area contributed by atoms with Gasteiger partial charge in [0.25, 0.3) is 0 Å². The van der Waals surface area contributed by atoms with Crippen LogP contribution in [0.4, 0.5) is 21.7 Å². The minimum atomic E-state index is -0.388. The second kappa shape index (κ2) is 4.78. The van der Waals surface area contributed by atoms with E-state index in [2.05, 4.69) is 15.3 Å². The molecule has 4 nitrogen and oxygen atoms in total. The fourth-order valence-corrected chi connectivity index (χ4v) is 1.70. The zero-order valence-electron chi connectivity index (χ0n) is 9.96. The maximum atomic E-state index is 12.9. The van der Waals surface area contributed by atoms with Crippen molar-refractivity contribution in [2.75, 3.05) is 11.1 Å². The number of hydrogen-bond donors (Lipinski definition) is 2. The fraction of sp³-hybridized carbons (Fsp3) is 0.167. The Labute approximate surface area is 109 Å². The summed E-state index contributed by atoms with van der Waals surface area (Å²) in [6.07, 6.45) is 0. The topological polar surface area (TPSA) is 63.8 Å². The number of nitrogens with zero attached hydrogens (tertiary/aromatic N) is 2. The van der Waals surface area contributed by atoms with Gasteiger partial charge in [-0.1, -0.05) is 11.6 Å². The summed E-state index contributed by atoms with van der Waals surface area (Å²) >= 11 is 5.93. The smallest absolute Gasteiger partial charge is 0.139 e. The third-order valence-electron chi connectivity index (χ3n) is 2.48. The van der Waals surface area contributed by atoms with Gasteiger partial charge in [-0.05, 0) is 32.0 Å². The molecule has 0 radical (unpaired) electrons. The lowest BCUT2D eigenvalue weighted by molar-refractivity contribution is 0.628. The summed E-state index contributed by atoms with van der Waals surface area (Å²) in [6, 6.07) is 4.10. The quantitative estimate of drug-likeness (QED) is 0.876. The largest absolute Gasteiger partial charge is 0.383 e. The summed E-state index contributed by atoms with van der Waals surface area (Å²) in [4.78, 5) is 8.28. The van der Waals surface area contributed by atoms with Gasteiger partial charge in [-0.2, -0.15) is 0 Å². The second-order valence-electron chi connectivity index (χ2n) is 3.88. The third kappa shape index (κ3) is 2.51. The lowest BCUT2D eigenvalue weighted by atomic mass is 10.2. The molecule has 6 heteroatoms. The van der Waals surface area contributed by atoms with Gasteiger partial charge in [0, 0.05) is 5.56 Å². The molecule has 0 bridgehead atoms. The van der Waals surface area contributed by atoms with Gasteiger partial charge in [0.1, 0.15) is 23.3 Å². The van der Waals surface area contributed by atoms with Crippen LogP contribution in [0.15, 0.2) is 18.2 Å². The van der Waals surface area contributed by atoms with Crippen LogP contribution in [0.25, 0.3) is 0 Å². The standard InChI is InChI=1S/C12H12ClFN4/c1-6-11(15)16-7(2)17-12(6)18-10-4-3-8(14)5-9(10)13/h3-5H,1-2H3,(H3,15,16,17,18). The molecular formula is C12H12ClFN4. The van der Waals surface area contributed by atoms with Crippen molar-refractivity contribution in [3.05, 3.63) is 40.4 Å². The van der Waals surface area contributed by atoms with E-state index in [4.69, 9.17) is 17.3 Å². The average Bonchev–Trinajstić information content (AvgIpc) is 2.29. The van der Waals surface area contributed by atoms with Gasteiger partial charge in [0.15, 0.2) is 0 Å². The molecule has 94 valence electrons. The van der Waals surface area contributed by atoms with E-state index in [1.165, 1.54) is 12.1 Å². The number of nitrogen functional groups attached to an aromatic ring is 1. The zero-order valence-corrected chi connectivity index (χ0v) is 10.7. The van der Waals surface area contributed by atoms with E-state index < -0.39 is 0 Å². The first-order chi connectivity index (χ1) is 8.47. The maximum Gasteiger partial charge on any atom is 0.139 e. The van der Waals surface area contributed by atoms with Crippen LogP contribution in [0.5, 0.6) is 0 Å². The number of nitrogens with one attached hydrogen (secondary N) is 1. The number of anilines is 3. The van der Waals surface area contributed by atoms with E-state index in [-0.39, 0.29) is 10.8 Å². The van der Waals surface area contributed by atoms with E-state index in [1.54, 1.807) is 19.9 Å². The van der Waals surface area contributed by atoms with Crippen molar-refractivity contribution in [3.63, 3.8) is 0 Å². The van der Waals surface area contributed by atoms with Crippen LogP contribution in [0, 0.1) is 19.7 Å². The molecule has 0 aliphatic carbocycles. The Hall–Kier alpha value is -1.88. The van der Waals surface area contributed by atoms with Crippen LogP contribution < -0.4 is 11.1 Å². The summed E-state index contributed by atoms with van der Waals surface area (Å²) < 4.78 is 12.9. The molecule has 0 aliphatic heterocycles. The lowest BCUT2D eigenvalue weighted by Crippen LogP contribution is -2.05. The second-order valence-corrected chi connectivity index (χ2v) is 4.29. The molecule has 2 aromatic rings. The van der Waals surface area contributed by atoms with Crippen molar-refractivity contribution in [2.24, 2.45) is 0 Å². The Morgan fingerprint density at radius 1 is 1.28 bits per heavy atom. The van der Waals surface area contributed by atoms with E-state index in [0.717, 1.165) is 5.56 Å². The molecule has 18 heavy (non-hydrogen) atoms. The molecule has 0 unspecified atom stereocenters. The van der Waals surface area contributed by atoms with Crippen LogP contribution in [-0.2, 0) is 0 Å². The van der Waals surface area contributed by atoms with Gasteiger partial charge in [-0.15, -0.1) is 0 Å². The molecule has 1 aromatic carbocycles. The zero-order chi connectivity index (χ0) is 13.3. The minimum absolute atomic E-state index is 0.282. The maximum absolute atomic E-state index is 12.9. The molecule has 0 atom stereocenters. The highest BCUT2D eigenvalue weighted by atomic mass is 35.5. The van der Waals surface area contributed by atoms with Crippen molar-refractivity contribution >= 4 is 28.9 Å². The summed E-state index contributed by atoms with van der Waals surface area (Å²) in [5.74, 6) is 1.14. The molecule has 1 aromatic heterocycles. The monoisotopic (exact) mass is 266 g/mol. The number of halogens is 2. The highest BCUT2D eigenvalue weighted by Gasteiger charge is 2.09. The summed E-state index contributed by atoms with van der Waals surface area (Å²) in [5, 5.41) is 3.30. The van der Waals surface area contributed by atoms with Crippen molar-refractivity contribution in [1.82, 2.24) is 9.97 Å². The van der Waals surface area contributed by atoms with Gasteiger partial charge < -0.3 is 11.1 Å².